The van der Waals surface area contributed by atoms with Gasteiger partial charge in [-0.2, -0.15) is 5.10 Å². The quantitative estimate of drug-likeness (QED) is 0.908. The number of nitrogens with one attached hydrogen (secondary N) is 1. The van der Waals surface area contributed by atoms with Gasteiger partial charge in [0.1, 0.15) is 0 Å². The number of aryl methyl sites for hydroxylation is 3. The van der Waals surface area contributed by atoms with Crippen LogP contribution in [-0.2, 0) is 13.5 Å². The number of benzene rings is 1. The van der Waals surface area contributed by atoms with Crippen LogP contribution in [0, 0.1) is 6.92 Å². The lowest BCUT2D eigenvalue weighted by Gasteiger charge is -2.13. The third-order valence-corrected chi connectivity index (χ3v) is 3.34. The molecule has 1 aromatic heterocycles. The highest BCUT2D eigenvalue weighted by molar-refractivity contribution is 5.95. The molecule has 0 spiro atoms. The number of hydrogen-bond donors (Lipinski definition) is 1. The molecule has 4 heteroatoms. The van der Waals surface area contributed by atoms with Gasteiger partial charge in [-0.15, -0.1) is 0 Å². The average Bonchev–Trinajstić information content (AvgIpc) is 2.77. The van der Waals surface area contributed by atoms with Crippen LogP contribution in [-0.4, -0.2) is 21.7 Å². The maximum atomic E-state index is 12.1. The van der Waals surface area contributed by atoms with Gasteiger partial charge in [0.05, 0.1) is 11.3 Å². The molecule has 0 aliphatic rings. The predicted molar refractivity (Wildman–Crippen MR) is 79.6 cm³/mol. The lowest BCUT2D eigenvalue weighted by molar-refractivity contribution is 0.0938. The van der Waals surface area contributed by atoms with Crippen LogP contribution in [0.3, 0.4) is 0 Å². The molecular formula is C16H21N3O. The van der Waals surface area contributed by atoms with Crippen molar-refractivity contribution < 1.29 is 4.79 Å². The number of carbonyl (C=O) groups is 1. The first-order valence-corrected chi connectivity index (χ1v) is 6.91. The fraction of sp³-hybridized carbons (Fsp3) is 0.375. The number of amides is 1. The smallest absolute Gasteiger partial charge is 0.254 e. The van der Waals surface area contributed by atoms with Gasteiger partial charge >= 0.3 is 0 Å². The number of rotatable bonds is 5. The highest BCUT2D eigenvalue weighted by Gasteiger charge is 2.14. The molecule has 1 amide bonds. The minimum atomic E-state index is -0.0452. The van der Waals surface area contributed by atoms with Crippen LogP contribution in [0.25, 0.3) is 0 Å². The van der Waals surface area contributed by atoms with Crippen molar-refractivity contribution in [1.82, 2.24) is 15.1 Å². The van der Waals surface area contributed by atoms with Gasteiger partial charge in [0.2, 0.25) is 0 Å². The molecule has 0 fully saturated rings. The molecule has 1 N–H and O–H groups in total. The third kappa shape index (κ3) is 3.70. The molecule has 20 heavy (non-hydrogen) atoms. The van der Waals surface area contributed by atoms with Crippen molar-refractivity contribution in [1.29, 1.82) is 0 Å². The summed E-state index contributed by atoms with van der Waals surface area (Å²) in [5.41, 5.74) is 2.71. The van der Waals surface area contributed by atoms with Crippen LogP contribution in [0.15, 0.2) is 36.5 Å². The Morgan fingerprint density at radius 2 is 2.05 bits per heavy atom. The first kappa shape index (κ1) is 14.3. The zero-order chi connectivity index (χ0) is 14.5. The largest absolute Gasteiger partial charge is 0.349 e. The lowest BCUT2D eigenvalue weighted by atomic mass is 10.1. The van der Waals surface area contributed by atoms with Crippen molar-refractivity contribution >= 4 is 5.91 Å². The lowest BCUT2D eigenvalue weighted by Crippen LogP contribution is -2.33. The van der Waals surface area contributed by atoms with E-state index in [1.807, 2.05) is 39.1 Å². The van der Waals surface area contributed by atoms with Gasteiger partial charge in [-0.1, -0.05) is 30.3 Å². The van der Waals surface area contributed by atoms with E-state index in [2.05, 4.69) is 22.5 Å². The van der Waals surface area contributed by atoms with E-state index in [1.165, 1.54) is 5.56 Å². The number of nitrogens with zero attached hydrogens (tertiary/aromatic N) is 2. The maximum absolute atomic E-state index is 12.1. The second-order valence-electron chi connectivity index (χ2n) is 5.20. The van der Waals surface area contributed by atoms with Crippen LogP contribution in [0.5, 0.6) is 0 Å². The van der Waals surface area contributed by atoms with E-state index in [4.69, 9.17) is 0 Å². The monoisotopic (exact) mass is 271 g/mol. The molecule has 0 radical (unpaired) electrons. The van der Waals surface area contributed by atoms with Crippen LogP contribution in [0.1, 0.15) is 35.0 Å². The number of hydrogen-bond acceptors (Lipinski definition) is 2. The van der Waals surface area contributed by atoms with E-state index < -0.39 is 0 Å². The summed E-state index contributed by atoms with van der Waals surface area (Å²) in [6, 6.07) is 10.5. The molecule has 0 saturated carbocycles. The predicted octanol–water partition coefficient (Wildman–Crippen LogP) is 2.48. The Morgan fingerprint density at radius 1 is 1.35 bits per heavy atom. The fourth-order valence-electron chi connectivity index (χ4n) is 2.22. The molecule has 0 aliphatic carbocycles. The number of aromatic nitrogens is 2. The summed E-state index contributed by atoms with van der Waals surface area (Å²) in [5, 5.41) is 7.22. The summed E-state index contributed by atoms with van der Waals surface area (Å²) in [6.45, 7) is 3.89. The second kappa shape index (κ2) is 6.37. The van der Waals surface area contributed by atoms with Gasteiger partial charge in [-0.25, -0.2) is 0 Å². The minimum absolute atomic E-state index is 0.0452. The SMILES string of the molecule is Cc1nn(C)cc1C(=O)N[C@@H](C)CCc1ccccc1. The molecule has 4 nitrogen and oxygen atoms in total. The molecular weight excluding hydrogens is 250 g/mol. The van der Waals surface area contributed by atoms with Gasteiger partial charge in [0, 0.05) is 19.3 Å². The normalized spacial score (nSPS) is 12.2. The summed E-state index contributed by atoms with van der Waals surface area (Å²) < 4.78 is 1.67. The zero-order valence-corrected chi connectivity index (χ0v) is 12.3. The van der Waals surface area contributed by atoms with Gasteiger partial charge in [0.25, 0.3) is 5.91 Å². The Labute approximate surface area is 119 Å². The fourth-order valence-corrected chi connectivity index (χ4v) is 2.22. The van der Waals surface area contributed by atoms with Crippen LogP contribution in [0.4, 0.5) is 0 Å². The molecule has 0 bridgehead atoms. The third-order valence-electron chi connectivity index (χ3n) is 3.34. The summed E-state index contributed by atoms with van der Waals surface area (Å²) in [6.07, 6.45) is 3.65. The molecule has 0 saturated heterocycles. The molecule has 2 rings (SSSR count). The topological polar surface area (TPSA) is 46.9 Å². The van der Waals surface area contributed by atoms with Crippen LogP contribution >= 0.6 is 0 Å². The first-order chi connectivity index (χ1) is 9.56. The molecule has 106 valence electrons. The van der Waals surface area contributed by atoms with E-state index in [9.17, 15) is 4.79 Å². The summed E-state index contributed by atoms with van der Waals surface area (Å²) in [5.74, 6) is -0.0452. The Kier molecular flexibility index (Phi) is 4.56. The highest BCUT2D eigenvalue weighted by Crippen LogP contribution is 2.08. The van der Waals surface area contributed by atoms with Crippen LogP contribution < -0.4 is 5.32 Å². The first-order valence-electron chi connectivity index (χ1n) is 6.91. The van der Waals surface area contributed by atoms with Crippen LogP contribution in [0.2, 0.25) is 0 Å². The molecule has 1 atom stereocenters. The molecule has 1 aromatic carbocycles. The molecule has 1 heterocycles. The van der Waals surface area contributed by atoms with E-state index in [1.54, 1.807) is 10.9 Å². The van der Waals surface area contributed by atoms with E-state index in [-0.39, 0.29) is 11.9 Å². The van der Waals surface area contributed by atoms with E-state index in [0.29, 0.717) is 5.56 Å². The van der Waals surface area contributed by atoms with Crippen molar-refractivity contribution in [3.8, 4) is 0 Å². The Morgan fingerprint density at radius 3 is 2.65 bits per heavy atom. The Bertz CT molecular complexity index is 575. The summed E-state index contributed by atoms with van der Waals surface area (Å²) in [7, 11) is 1.82. The average molecular weight is 271 g/mol. The van der Waals surface area contributed by atoms with Gasteiger partial charge < -0.3 is 5.32 Å². The summed E-state index contributed by atoms with van der Waals surface area (Å²) in [4.78, 5) is 12.1. The standard InChI is InChI=1S/C16H21N3O/c1-12(9-10-14-7-5-4-6-8-14)17-16(20)15-11-19(3)18-13(15)2/h4-8,11-12H,9-10H2,1-3H3,(H,17,20)/t12-/m0/s1. The Hall–Kier alpha value is -2.10. The zero-order valence-electron chi connectivity index (χ0n) is 12.3. The van der Waals surface area contributed by atoms with Gasteiger partial charge in [-0.3, -0.25) is 9.48 Å². The van der Waals surface area contributed by atoms with Crippen molar-refractivity contribution in [2.45, 2.75) is 32.7 Å². The molecule has 2 aromatic rings. The maximum Gasteiger partial charge on any atom is 0.254 e. The molecule has 0 unspecified atom stereocenters. The Balaban J connectivity index is 1.87. The van der Waals surface area contributed by atoms with Crippen molar-refractivity contribution in [3.63, 3.8) is 0 Å². The van der Waals surface area contributed by atoms with Gasteiger partial charge in [0.15, 0.2) is 0 Å². The van der Waals surface area contributed by atoms with Crippen molar-refractivity contribution in [2.24, 2.45) is 7.05 Å². The number of carbonyl (C=O) groups excluding carboxylic acids is 1. The van der Waals surface area contributed by atoms with E-state index in [0.717, 1.165) is 18.5 Å². The van der Waals surface area contributed by atoms with Crippen molar-refractivity contribution in [2.75, 3.05) is 0 Å². The van der Waals surface area contributed by atoms with Gasteiger partial charge in [-0.05, 0) is 32.3 Å². The van der Waals surface area contributed by atoms with Crippen molar-refractivity contribution in [3.05, 3.63) is 53.3 Å². The highest BCUT2D eigenvalue weighted by atomic mass is 16.1. The van der Waals surface area contributed by atoms with E-state index >= 15 is 0 Å². The second-order valence-corrected chi connectivity index (χ2v) is 5.20. The molecule has 0 aliphatic heterocycles. The summed E-state index contributed by atoms with van der Waals surface area (Å²) >= 11 is 0. The minimum Gasteiger partial charge on any atom is -0.349 e.